The molecule has 4 saturated carbocycles. The van der Waals surface area contributed by atoms with Gasteiger partial charge in [-0.3, -0.25) is 0 Å². The number of carboxylic acids is 1. The molecule has 0 radical (unpaired) electrons. The van der Waals surface area contributed by atoms with Gasteiger partial charge in [0, 0.05) is 19.6 Å². The van der Waals surface area contributed by atoms with Crippen molar-refractivity contribution >= 4 is 17.6 Å². The summed E-state index contributed by atoms with van der Waals surface area (Å²) in [5.74, 6) is 1.86. The minimum atomic E-state index is -0.871. The van der Waals surface area contributed by atoms with Gasteiger partial charge in [0.15, 0.2) is 0 Å². The van der Waals surface area contributed by atoms with Crippen LogP contribution in [0.25, 0.3) is 5.57 Å². The first-order chi connectivity index (χ1) is 20.5. The minimum absolute atomic E-state index is 0.00546. The summed E-state index contributed by atoms with van der Waals surface area (Å²) in [5, 5.41) is 13.1. The maximum atomic E-state index is 13.2. The van der Waals surface area contributed by atoms with Crippen LogP contribution in [-0.2, 0) is 0 Å². The topological polar surface area (TPSA) is 69.6 Å². The lowest BCUT2D eigenvalue weighted by Crippen LogP contribution is -2.68. The van der Waals surface area contributed by atoms with Crippen LogP contribution in [0, 0.1) is 51.2 Å². The number of allylic oxidation sites excluding steroid dienone is 3. The average molecular weight is 601 g/mol. The number of aromatic carboxylic acids is 1. The Labute approximate surface area is 265 Å². The molecular formula is C39H56N2O3. The lowest BCUT2D eigenvalue weighted by molar-refractivity contribution is -0.218. The second-order valence-electron chi connectivity index (χ2n) is 17.1. The van der Waals surface area contributed by atoms with Gasteiger partial charge in [0.1, 0.15) is 0 Å². The molecule has 0 spiro atoms. The first-order valence-electron chi connectivity index (χ1n) is 17.2. The van der Waals surface area contributed by atoms with E-state index in [2.05, 4.69) is 59.5 Å². The molecule has 6 rings (SSSR count). The SMILES string of the molecule is C=C(C)[C@@H]1CCC2(NC(=O)N(C)C)CC[C@]3(C)[C@H](CC[C@@H]4[C@@]5(C)CC=C(c6ccc(C(=O)O)cc6)C(C)(C)[C@@H]5CC[C@]43C)[C@@H]12. The Morgan fingerprint density at radius 3 is 2.18 bits per heavy atom. The van der Waals surface area contributed by atoms with Crippen LogP contribution < -0.4 is 5.32 Å². The van der Waals surface area contributed by atoms with Crippen LogP contribution in [0.3, 0.4) is 0 Å². The molecule has 0 aromatic heterocycles. The van der Waals surface area contributed by atoms with E-state index in [1.807, 2.05) is 26.2 Å². The van der Waals surface area contributed by atoms with Gasteiger partial charge in [0.05, 0.1) is 5.56 Å². The quantitative estimate of drug-likeness (QED) is 0.339. The number of rotatable bonds is 4. The monoisotopic (exact) mass is 600 g/mol. The number of nitrogens with one attached hydrogen (secondary N) is 1. The van der Waals surface area contributed by atoms with Crippen LogP contribution in [-0.4, -0.2) is 41.6 Å². The van der Waals surface area contributed by atoms with Gasteiger partial charge in [-0.2, -0.15) is 0 Å². The lowest BCUT2D eigenvalue weighted by atomic mass is 9.33. The fourth-order valence-corrected chi connectivity index (χ4v) is 12.6. The largest absolute Gasteiger partial charge is 0.478 e. The number of carbonyl (C=O) groups is 2. The fraction of sp³-hybridized carbons (Fsp3) is 0.692. The highest BCUT2D eigenvalue weighted by molar-refractivity contribution is 5.88. The number of nitrogens with zero attached hydrogens (tertiary/aromatic N) is 1. The van der Waals surface area contributed by atoms with Crippen LogP contribution >= 0.6 is 0 Å². The molecular weight excluding hydrogens is 544 g/mol. The van der Waals surface area contributed by atoms with Crippen molar-refractivity contribution in [3.8, 4) is 0 Å². The van der Waals surface area contributed by atoms with E-state index in [1.165, 1.54) is 48.8 Å². The molecule has 1 aromatic rings. The van der Waals surface area contributed by atoms with Gasteiger partial charge in [-0.1, -0.05) is 65.0 Å². The molecule has 0 aliphatic heterocycles. The number of carboxylic acid groups (broad SMARTS) is 1. The Kier molecular flexibility index (Phi) is 7.30. The first kappa shape index (κ1) is 31.4. The van der Waals surface area contributed by atoms with Gasteiger partial charge in [-0.15, -0.1) is 0 Å². The van der Waals surface area contributed by atoms with Crippen LogP contribution in [0.1, 0.15) is 115 Å². The van der Waals surface area contributed by atoms with E-state index in [1.54, 1.807) is 17.0 Å². The van der Waals surface area contributed by atoms with Crippen molar-refractivity contribution in [2.45, 2.75) is 105 Å². The summed E-state index contributed by atoms with van der Waals surface area (Å²) in [7, 11) is 3.72. The molecule has 4 fully saturated rings. The highest BCUT2D eigenvalue weighted by Crippen LogP contribution is 2.76. The van der Waals surface area contributed by atoms with Gasteiger partial charge in [0.25, 0.3) is 0 Å². The third-order valence-electron chi connectivity index (χ3n) is 14.8. The maximum Gasteiger partial charge on any atom is 0.335 e. The molecule has 1 unspecified atom stereocenters. The number of hydrogen-bond donors (Lipinski definition) is 2. The zero-order chi connectivity index (χ0) is 32.0. The number of benzene rings is 1. The molecule has 9 atom stereocenters. The van der Waals surface area contributed by atoms with Crippen LogP contribution in [0.2, 0.25) is 0 Å². The van der Waals surface area contributed by atoms with Gasteiger partial charge >= 0.3 is 12.0 Å². The summed E-state index contributed by atoms with van der Waals surface area (Å²) in [6.07, 6.45) is 13.0. The molecule has 0 saturated heterocycles. The molecule has 2 amide bonds. The van der Waals surface area contributed by atoms with Crippen molar-refractivity contribution in [1.82, 2.24) is 10.2 Å². The lowest BCUT2D eigenvalue weighted by Gasteiger charge is -2.72. The van der Waals surface area contributed by atoms with Crippen LogP contribution in [0.5, 0.6) is 0 Å². The number of hydrogen-bond acceptors (Lipinski definition) is 2. The van der Waals surface area contributed by atoms with E-state index < -0.39 is 5.97 Å². The summed E-state index contributed by atoms with van der Waals surface area (Å²) in [5.41, 5.74) is 4.76. The molecule has 0 heterocycles. The highest BCUT2D eigenvalue weighted by atomic mass is 16.4. The molecule has 240 valence electrons. The van der Waals surface area contributed by atoms with Gasteiger partial charge in [0.2, 0.25) is 0 Å². The zero-order valence-corrected chi connectivity index (χ0v) is 28.6. The summed E-state index contributed by atoms with van der Waals surface area (Å²) in [6, 6.07) is 7.60. The third-order valence-corrected chi connectivity index (χ3v) is 14.8. The normalized spacial score (nSPS) is 42.1. The summed E-state index contributed by atoms with van der Waals surface area (Å²) in [6.45, 7) is 19.5. The van der Waals surface area contributed by atoms with E-state index >= 15 is 0 Å². The van der Waals surface area contributed by atoms with Crippen molar-refractivity contribution in [3.63, 3.8) is 0 Å². The van der Waals surface area contributed by atoms with E-state index in [4.69, 9.17) is 0 Å². The second kappa shape index (κ2) is 10.2. The van der Waals surface area contributed by atoms with Gasteiger partial charge < -0.3 is 15.3 Å². The number of fused-ring (bicyclic) bond motifs is 7. The minimum Gasteiger partial charge on any atom is -0.478 e. The van der Waals surface area contributed by atoms with Crippen molar-refractivity contribution in [2.24, 2.45) is 51.2 Å². The smallest absolute Gasteiger partial charge is 0.335 e. The van der Waals surface area contributed by atoms with E-state index in [0.717, 1.165) is 25.7 Å². The molecule has 44 heavy (non-hydrogen) atoms. The first-order valence-corrected chi connectivity index (χ1v) is 17.2. The van der Waals surface area contributed by atoms with Crippen LogP contribution in [0.15, 0.2) is 42.5 Å². The third kappa shape index (κ3) is 4.23. The standard InChI is InChI=1S/C39H56N2O3/c1-24(2)27-16-21-39(40-34(44)41(8)9)23-22-37(6)29(32(27)39)14-15-31-36(5)19-17-28(25-10-12-26(13-11-25)33(42)43)35(3,4)30(36)18-20-38(31,37)7/h10-13,17,27,29-32H,1,14-16,18-23H2,2-9H3,(H,40,44)(H,42,43)/t27-,29+,30-,31+,32+,36-,37+,38+,39?/m0/s1. The van der Waals surface area contributed by atoms with Crippen molar-refractivity contribution in [2.75, 3.05) is 14.1 Å². The van der Waals surface area contributed by atoms with Crippen molar-refractivity contribution < 1.29 is 14.7 Å². The van der Waals surface area contributed by atoms with E-state index in [-0.39, 0.29) is 33.2 Å². The zero-order valence-electron chi connectivity index (χ0n) is 28.6. The van der Waals surface area contributed by atoms with Gasteiger partial charge in [-0.25, -0.2) is 9.59 Å². The number of carbonyl (C=O) groups excluding carboxylic acids is 1. The Bertz CT molecular complexity index is 1390. The highest BCUT2D eigenvalue weighted by Gasteiger charge is 2.70. The predicted octanol–water partition coefficient (Wildman–Crippen LogP) is 9.06. The van der Waals surface area contributed by atoms with Crippen LogP contribution in [0.4, 0.5) is 4.79 Å². The Hall–Kier alpha value is -2.56. The van der Waals surface area contributed by atoms with Crippen molar-refractivity contribution in [1.29, 1.82) is 0 Å². The molecule has 2 N–H and O–H groups in total. The summed E-state index contributed by atoms with van der Waals surface area (Å²) in [4.78, 5) is 26.4. The molecule has 1 aromatic carbocycles. The van der Waals surface area contributed by atoms with E-state index in [9.17, 15) is 14.7 Å². The Morgan fingerprint density at radius 2 is 1.57 bits per heavy atom. The fourth-order valence-electron chi connectivity index (χ4n) is 12.6. The molecule has 0 bridgehead atoms. The average Bonchev–Trinajstić information content (AvgIpc) is 3.33. The predicted molar refractivity (Wildman–Crippen MR) is 178 cm³/mol. The van der Waals surface area contributed by atoms with E-state index in [0.29, 0.717) is 35.2 Å². The molecule has 5 heteroatoms. The molecule has 5 aliphatic carbocycles. The summed E-state index contributed by atoms with van der Waals surface area (Å²) >= 11 is 0. The Balaban J connectivity index is 1.35. The number of urea groups is 1. The number of amides is 2. The second-order valence-corrected chi connectivity index (χ2v) is 17.1. The van der Waals surface area contributed by atoms with Crippen molar-refractivity contribution in [3.05, 3.63) is 53.6 Å². The Morgan fingerprint density at radius 1 is 0.886 bits per heavy atom. The van der Waals surface area contributed by atoms with Gasteiger partial charge in [-0.05, 0) is 139 Å². The maximum absolute atomic E-state index is 13.2. The molecule has 5 aliphatic rings. The molecule has 5 nitrogen and oxygen atoms in total. The summed E-state index contributed by atoms with van der Waals surface area (Å²) < 4.78 is 0.